The zero-order valence-electron chi connectivity index (χ0n) is 14.9. The van der Waals surface area contributed by atoms with Gasteiger partial charge in [-0.15, -0.1) is 0 Å². The lowest BCUT2D eigenvalue weighted by atomic mass is 10.2. The fourth-order valence-corrected chi connectivity index (χ4v) is 2.97. The van der Waals surface area contributed by atoms with Crippen LogP contribution in [-0.2, 0) is 4.79 Å². The van der Waals surface area contributed by atoms with Gasteiger partial charge < -0.3 is 20.4 Å². The molecule has 1 saturated heterocycles. The summed E-state index contributed by atoms with van der Waals surface area (Å²) in [5, 5.41) is 5.79. The van der Waals surface area contributed by atoms with Gasteiger partial charge in [-0.3, -0.25) is 4.79 Å². The molecule has 0 unspecified atom stereocenters. The standard InChI is InChI=1S/C18H28N4O2/c1-4-21(5-2)11-10-19-18(24)20-15-12-17(23)22(13-15)16-8-6-14(3)7-9-16/h6-9,15H,4-5,10-13H2,1-3H3,(H2,19,20,24)/p+1/t15-/m1/s1. The third-order valence-electron chi connectivity index (χ3n) is 4.57. The van der Waals surface area contributed by atoms with Gasteiger partial charge in [0, 0.05) is 18.7 Å². The summed E-state index contributed by atoms with van der Waals surface area (Å²) in [5.41, 5.74) is 2.05. The number of hydrogen-bond acceptors (Lipinski definition) is 2. The SMILES string of the molecule is CC[NH+](CC)CCNC(=O)N[C@@H]1CC(=O)N(c2ccc(C)cc2)C1. The van der Waals surface area contributed by atoms with E-state index in [4.69, 9.17) is 0 Å². The summed E-state index contributed by atoms with van der Waals surface area (Å²) in [6, 6.07) is 7.55. The van der Waals surface area contributed by atoms with E-state index < -0.39 is 0 Å². The second kappa shape index (κ2) is 8.68. The van der Waals surface area contributed by atoms with Crippen molar-refractivity contribution in [2.45, 2.75) is 33.2 Å². The van der Waals surface area contributed by atoms with Gasteiger partial charge in [-0.1, -0.05) is 17.7 Å². The second-order valence-corrected chi connectivity index (χ2v) is 6.35. The van der Waals surface area contributed by atoms with Crippen molar-refractivity contribution >= 4 is 17.6 Å². The Morgan fingerprint density at radius 3 is 2.54 bits per heavy atom. The van der Waals surface area contributed by atoms with Crippen LogP contribution >= 0.6 is 0 Å². The molecule has 3 amide bonds. The van der Waals surface area contributed by atoms with Gasteiger partial charge in [0.05, 0.1) is 32.2 Å². The largest absolute Gasteiger partial charge is 0.334 e. The van der Waals surface area contributed by atoms with Crippen LogP contribution < -0.4 is 20.4 Å². The average Bonchev–Trinajstić information content (AvgIpc) is 2.92. The molecule has 2 rings (SSSR count). The van der Waals surface area contributed by atoms with E-state index in [1.165, 1.54) is 4.90 Å². The fourth-order valence-electron chi connectivity index (χ4n) is 2.97. The van der Waals surface area contributed by atoms with Gasteiger partial charge in [0.2, 0.25) is 5.91 Å². The molecule has 1 aromatic carbocycles. The van der Waals surface area contributed by atoms with Crippen LogP contribution in [0.3, 0.4) is 0 Å². The molecule has 1 aromatic rings. The molecule has 0 saturated carbocycles. The van der Waals surface area contributed by atoms with E-state index in [1.54, 1.807) is 4.90 Å². The van der Waals surface area contributed by atoms with Gasteiger partial charge in [-0.2, -0.15) is 0 Å². The molecule has 0 aromatic heterocycles. The zero-order valence-corrected chi connectivity index (χ0v) is 14.9. The molecule has 6 heteroatoms. The van der Waals surface area contributed by atoms with Crippen LogP contribution in [0.25, 0.3) is 0 Å². The number of likely N-dealkylation sites (N-methyl/N-ethyl adjacent to an activating group) is 1. The number of rotatable bonds is 7. The lowest BCUT2D eigenvalue weighted by Gasteiger charge is -2.18. The molecule has 1 fully saturated rings. The summed E-state index contributed by atoms with van der Waals surface area (Å²) < 4.78 is 0. The van der Waals surface area contributed by atoms with Crippen molar-refractivity contribution < 1.29 is 14.5 Å². The van der Waals surface area contributed by atoms with Gasteiger partial charge in [-0.25, -0.2) is 4.79 Å². The second-order valence-electron chi connectivity index (χ2n) is 6.35. The lowest BCUT2D eigenvalue weighted by molar-refractivity contribution is -0.895. The van der Waals surface area contributed by atoms with Crippen LogP contribution in [0.5, 0.6) is 0 Å². The quantitative estimate of drug-likeness (QED) is 0.673. The highest BCUT2D eigenvalue weighted by molar-refractivity contribution is 5.96. The molecule has 1 heterocycles. The molecule has 0 bridgehead atoms. The van der Waals surface area contributed by atoms with E-state index in [2.05, 4.69) is 24.5 Å². The smallest absolute Gasteiger partial charge is 0.315 e. The molecule has 0 spiro atoms. The monoisotopic (exact) mass is 333 g/mol. The van der Waals surface area contributed by atoms with Crippen molar-refractivity contribution in [3.63, 3.8) is 0 Å². The van der Waals surface area contributed by atoms with E-state index >= 15 is 0 Å². The number of nitrogens with zero attached hydrogens (tertiary/aromatic N) is 1. The van der Waals surface area contributed by atoms with Gasteiger partial charge in [0.1, 0.15) is 0 Å². The maximum atomic E-state index is 12.2. The lowest BCUT2D eigenvalue weighted by Crippen LogP contribution is -3.12. The summed E-state index contributed by atoms with van der Waals surface area (Å²) in [6.07, 6.45) is 0.350. The van der Waals surface area contributed by atoms with Crippen LogP contribution in [0.15, 0.2) is 24.3 Å². The number of anilines is 1. The Morgan fingerprint density at radius 2 is 1.92 bits per heavy atom. The Hall–Kier alpha value is -2.08. The van der Waals surface area contributed by atoms with Crippen molar-refractivity contribution in [2.75, 3.05) is 37.6 Å². The minimum atomic E-state index is -0.190. The number of carbonyl (C=O) groups is 2. The Bertz CT molecular complexity index is 555. The molecule has 1 aliphatic heterocycles. The Labute approximate surface area is 144 Å². The predicted molar refractivity (Wildman–Crippen MR) is 95.4 cm³/mol. The fraction of sp³-hybridized carbons (Fsp3) is 0.556. The maximum Gasteiger partial charge on any atom is 0.315 e. The van der Waals surface area contributed by atoms with Crippen LogP contribution in [0, 0.1) is 6.92 Å². The van der Waals surface area contributed by atoms with Crippen molar-refractivity contribution in [1.82, 2.24) is 10.6 Å². The Morgan fingerprint density at radius 1 is 1.25 bits per heavy atom. The number of quaternary nitrogens is 1. The van der Waals surface area contributed by atoms with Gasteiger partial charge >= 0.3 is 6.03 Å². The molecular weight excluding hydrogens is 304 g/mol. The van der Waals surface area contributed by atoms with Gasteiger partial charge in [0.15, 0.2) is 0 Å². The molecule has 0 radical (unpaired) electrons. The first-order chi connectivity index (χ1) is 11.5. The van der Waals surface area contributed by atoms with E-state index in [0.717, 1.165) is 30.9 Å². The highest BCUT2D eigenvalue weighted by atomic mass is 16.2. The van der Waals surface area contributed by atoms with Crippen LogP contribution in [0.4, 0.5) is 10.5 Å². The number of urea groups is 1. The number of hydrogen-bond donors (Lipinski definition) is 3. The zero-order chi connectivity index (χ0) is 17.5. The van der Waals surface area contributed by atoms with Crippen molar-refractivity contribution in [1.29, 1.82) is 0 Å². The van der Waals surface area contributed by atoms with Crippen molar-refractivity contribution in [2.24, 2.45) is 0 Å². The van der Waals surface area contributed by atoms with Gasteiger partial charge in [-0.05, 0) is 32.9 Å². The number of benzene rings is 1. The predicted octanol–water partition coefficient (Wildman–Crippen LogP) is 0.324. The van der Waals surface area contributed by atoms with Crippen molar-refractivity contribution in [3.05, 3.63) is 29.8 Å². The van der Waals surface area contributed by atoms with E-state index in [1.807, 2.05) is 31.2 Å². The van der Waals surface area contributed by atoms with Crippen LogP contribution in [-0.4, -0.2) is 50.7 Å². The summed E-state index contributed by atoms with van der Waals surface area (Å²) >= 11 is 0. The molecule has 6 nitrogen and oxygen atoms in total. The molecule has 0 aliphatic carbocycles. The molecule has 24 heavy (non-hydrogen) atoms. The summed E-state index contributed by atoms with van der Waals surface area (Å²) in [7, 11) is 0. The van der Waals surface area contributed by atoms with Crippen LogP contribution in [0.1, 0.15) is 25.8 Å². The van der Waals surface area contributed by atoms with Crippen molar-refractivity contribution in [3.8, 4) is 0 Å². The molecule has 3 N–H and O–H groups in total. The molecular formula is C18H29N4O2+. The molecule has 1 aliphatic rings. The number of carbonyl (C=O) groups excluding carboxylic acids is 2. The minimum Gasteiger partial charge on any atom is -0.334 e. The Balaban J connectivity index is 1.79. The summed E-state index contributed by atoms with van der Waals surface area (Å²) in [5.74, 6) is 0.0525. The highest BCUT2D eigenvalue weighted by Crippen LogP contribution is 2.21. The van der Waals surface area contributed by atoms with E-state index in [0.29, 0.717) is 19.5 Å². The van der Waals surface area contributed by atoms with Crippen LogP contribution in [0.2, 0.25) is 0 Å². The van der Waals surface area contributed by atoms with E-state index in [9.17, 15) is 9.59 Å². The topological polar surface area (TPSA) is 65.9 Å². The first kappa shape index (κ1) is 18.3. The first-order valence-corrected chi connectivity index (χ1v) is 8.78. The highest BCUT2D eigenvalue weighted by Gasteiger charge is 2.31. The normalized spacial score (nSPS) is 17.4. The number of amides is 3. The third-order valence-corrected chi connectivity index (χ3v) is 4.57. The Kier molecular flexibility index (Phi) is 6.61. The summed E-state index contributed by atoms with van der Waals surface area (Å²) in [4.78, 5) is 27.4. The third kappa shape index (κ3) is 4.96. The number of nitrogens with one attached hydrogen (secondary N) is 3. The maximum absolute atomic E-state index is 12.2. The minimum absolute atomic E-state index is 0.0525. The first-order valence-electron chi connectivity index (χ1n) is 8.78. The molecule has 132 valence electrons. The summed E-state index contributed by atoms with van der Waals surface area (Å²) in [6.45, 7) is 10.5. The average molecular weight is 333 g/mol. The molecule has 1 atom stereocenters. The van der Waals surface area contributed by atoms with E-state index in [-0.39, 0.29) is 18.0 Å². The van der Waals surface area contributed by atoms with Gasteiger partial charge in [0.25, 0.3) is 0 Å². The number of aryl methyl sites for hydroxylation is 1.